The number of aryl methyl sites for hydroxylation is 3. The molecule has 1 aliphatic heterocycles. The molecular formula is C22H25F3N6OS. The summed E-state index contributed by atoms with van der Waals surface area (Å²) < 4.78 is 38.6. The first-order valence-electron chi connectivity index (χ1n) is 10.8. The minimum Gasteiger partial charge on any atom is -0.335 e. The Bertz CT molecular complexity index is 1140. The van der Waals surface area contributed by atoms with Crippen LogP contribution in [-0.4, -0.2) is 48.6 Å². The third-order valence-corrected chi connectivity index (χ3v) is 6.97. The summed E-state index contributed by atoms with van der Waals surface area (Å²) in [6, 6.07) is 5.48. The van der Waals surface area contributed by atoms with E-state index in [1.165, 1.54) is 4.80 Å². The number of hydrogen-bond donors (Lipinski definition) is 0. The Morgan fingerprint density at radius 2 is 2.03 bits per heavy atom. The molecular weight excluding hydrogens is 453 g/mol. The largest absolute Gasteiger partial charge is 0.445 e. The van der Waals surface area contributed by atoms with Gasteiger partial charge in [0.25, 0.3) is 5.91 Å². The maximum atomic E-state index is 13.7. The second kappa shape index (κ2) is 9.20. The van der Waals surface area contributed by atoms with Crippen LogP contribution in [0.3, 0.4) is 0 Å². The van der Waals surface area contributed by atoms with Gasteiger partial charge in [-0.05, 0) is 51.2 Å². The van der Waals surface area contributed by atoms with E-state index >= 15 is 0 Å². The minimum atomic E-state index is -4.49. The van der Waals surface area contributed by atoms with Gasteiger partial charge in [-0.25, -0.2) is 0 Å². The lowest BCUT2D eigenvalue weighted by molar-refractivity contribution is -0.138. The lowest BCUT2D eigenvalue weighted by Crippen LogP contribution is -2.48. The Hall–Kier alpha value is -2.82. The van der Waals surface area contributed by atoms with Crippen LogP contribution in [0.2, 0.25) is 0 Å². The summed E-state index contributed by atoms with van der Waals surface area (Å²) in [6.45, 7) is 6.43. The molecule has 0 spiro atoms. The van der Waals surface area contributed by atoms with Crippen molar-refractivity contribution in [3.05, 3.63) is 51.2 Å². The van der Waals surface area contributed by atoms with Crippen molar-refractivity contribution in [2.24, 2.45) is 5.92 Å². The summed E-state index contributed by atoms with van der Waals surface area (Å²) in [4.78, 5) is 17.1. The number of nitrogens with zero attached hydrogens (tertiary/aromatic N) is 6. The van der Waals surface area contributed by atoms with Gasteiger partial charge in [-0.2, -0.15) is 28.2 Å². The van der Waals surface area contributed by atoms with Crippen LogP contribution >= 0.6 is 11.3 Å². The number of carbonyl (C=O) groups excluding carboxylic acids is 1. The molecule has 0 saturated carbocycles. The average molecular weight is 479 g/mol. The number of carbonyl (C=O) groups is 1. The van der Waals surface area contributed by atoms with Gasteiger partial charge in [0.1, 0.15) is 5.01 Å². The number of rotatable bonds is 5. The van der Waals surface area contributed by atoms with Gasteiger partial charge in [0.2, 0.25) is 5.01 Å². The Labute approximate surface area is 193 Å². The Morgan fingerprint density at radius 1 is 1.24 bits per heavy atom. The molecule has 3 heterocycles. The molecule has 1 fully saturated rings. The number of likely N-dealkylation sites (tertiary alicyclic amines) is 1. The van der Waals surface area contributed by atoms with Gasteiger partial charge in [0.05, 0.1) is 23.1 Å². The van der Waals surface area contributed by atoms with Crippen molar-refractivity contribution in [1.82, 2.24) is 30.1 Å². The third kappa shape index (κ3) is 5.07. The van der Waals surface area contributed by atoms with E-state index in [4.69, 9.17) is 0 Å². The average Bonchev–Trinajstić information content (AvgIpc) is 3.41. The first kappa shape index (κ1) is 23.3. The van der Waals surface area contributed by atoms with Crippen LogP contribution in [0.1, 0.15) is 57.8 Å². The van der Waals surface area contributed by atoms with E-state index in [1.807, 2.05) is 36.9 Å². The fourth-order valence-electron chi connectivity index (χ4n) is 4.29. The zero-order chi connectivity index (χ0) is 23.8. The normalized spacial score (nSPS) is 19.2. The molecule has 1 aliphatic rings. The molecule has 0 bridgehead atoms. The maximum absolute atomic E-state index is 13.7. The Morgan fingerprint density at radius 3 is 2.70 bits per heavy atom. The zero-order valence-electron chi connectivity index (χ0n) is 18.6. The predicted octanol–water partition coefficient (Wildman–Crippen LogP) is 4.63. The van der Waals surface area contributed by atoms with Crippen molar-refractivity contribution >= 4 is 17.2 Å². The van der Waals surface area contributed by atoms with Crippen molar-refractivity contribution in [2.45, 2.75) is 58.7 Å². The second-order valence-electron chi connectivity index (χ2n) is 8.52. The summed E-state index contributed by atoms with van der Waals surface area (Å²) in [5, 5.41) is 15.0. The molecule has 3 aromatic rings. The van der Waals surface area contributed by atoms with Crippen LogP contribution in [0.4, 0.5) is 13.2 Å². The van der Waals surface area contributed by atoms with Crippen molar-refractivity contribution in [1.29, 1.82) is 0 Å². The van der Waals surface area contributed by atoms with E-state index in [9.17, 15) is 18.0 Å². The number of alkyl halides is 3. The highest BCUT2D eigenvalue weighted by Gasteiger charge is 2.37. The van der Waals surface area contributed by atoms with Crippen LogP contribution in [0.25, 0.3) is 5.69 Å². The topological polar surface area (TPSA) is 76.8 Å². The van der Waals surface area contributed by atoms with E-state index in [0.717, 1.165) is 24.1 Å². The molecule has 1 saturated heterocycles. The number of piperidine rings is 1. The number of benzene rings is 1. The molecule has 1 aromatic carbocycles. The van der Waals surface area contributed by atoms with Crippen molar-refractivity contribution in [3.8, 4) is 5.69 Å². The van der Waals surface area contributed by atoms with Crippen molar-refractivity contribution < 1.29 is 18.0 Å². The van der Waals surface area contributed by atoms with Gasteiger partial charge in [0.15, 0.2) is 0 Å². The quantitative estimate of drug-likeness (QED) is 0.535. The molecule has 0 aliphatic carbocycles. The van der Waals surface area contributed by atoms with Gasteiger partial charge in [0, 0.05) is 19.0 Å². The lowest BCUT2D eigenvalue weighted by Gasteiger charge is -2.40. The monoisotopic (exact) mass is 478 g/mol. The fourth-order valence-corrected chi connectivity index (χ4v) is 5.01. The first-order chi connectivity index (χ1) is 15.6. The summed E-state index contributed by atoms with van der Waals surface area (Å²) >= 11 is 0.569. The predicted molar refractivity (Wildman–Crippen MR) is 117 cm³/mol. The summed E-state index contributed by atoms with van der Waals surface area (Å²) in [6.07, 6.45) is -0.153. The van der Waals surface area contributed by atoms with Gasteiger partial charge in [-0.3, -0.25) is 4.79 Å². The molecule has 0 radical (unpaired) electrons. The molecule has 4 rings (SSSR count). The standard InChI is InChI=1S/C22H25F3N6OS/c1-13-6-7-18(31-26-12-15(3)29-31)16(11-13)20(32)30-10-4-5-14(2)17(30)8-9-19-27-28-21(33-19)22(23,24)25/h6-7,11-12,14,17H,4-5,8-10H2,1-3H3/t14-,17-/m1/s1. The molecule has 2 aromatic heterocycles. The van der Waals surface area contributed by atoms with Crippen LogP contribution in [-0.2, 0) is 12.6 Å². The fraction of sp³-hybridized carbons (Fsp3) is 0.500. The number of hydrogen-bond acceptors (Lipinski definition) is 6. The van der Waals surface area contributed by atoms with E-state index in [0.29, 0.717) is 47.0 Å². The van der Waals surface area contributed by atoms with Crippen LogP contribution < -0.4 is 0 Å². The number of aromatic nitrogens is 5. The molecule has 1 amide bonds. The smallest absolute Gasteiger partial charge is 0.335 e. The Balaban J connectivity index is 1.58. The molecule has 0 unspecified atom stereocenters. The highest BCUT2D eigenvalue weighted by Crippen LogP contribution is 2.33. The maximum Gasteiger partial charge on any atom is 0.445 e. The summed E-state index contributed by atoms with van der Waals surface area (Å²) in [7, 11) is 0. The third-order valence-electron chi connectivity index (χ3n) is 5.94. The van der Waals surface area contributed by atoms with Crippen molar-refractivity contribution in [2.75, 3.05) is 6.54 Å². The van der Waals surface area contributed by atoms with Gasteiger partial charge < -0.3 is 4.90 Å². The van der Waals surface area contributed by atoms with E-state index in [-0.39, 0.29) is 17.9 Å². The molecule has 33 heavy (non-hydrogen) atoms. The van der Waals surface area contributed by atoms with Gasteiger partial charge in [-0.1, -0.05) is 29.9 Å². The van der Waals surface area contributed by atoms with E-state index in [2.05, 4.69) is 27.3 Å². The van der Waals surface area contributed by atoms with Crippen LogP contribution in [0, 0.1) is 19.8 Å². The van der Waals surface area contributed by atoms with Crippen LogP contribution in [0.5, 0.6) is 0 Å². The molecule has 7 nitrogen and oxygen atoms in total. The minimum absolute atomic E-state index is 0.106. The summed E-state index contributed by atoms with van der Waals surface area (Å²) in [5.41, 5.74) is 2.81. The number of amides is 1. The Kier molecular flexibility index (Phi) is 6.51. The zero-order valence-corrected chi connectivity index (χ0v) is 19.4. The second-order valence-corrected chi connectivity index (χ2v) is 9.58. The van der Waals surface area contributed by atoms with Crippen molar-refractivity contribution in [3.63, 3.8) is 0 Å². The number of halogens is 3. The first-order valence-corrected chi connectivity index (χ1v) is 11.7. The molecule has 2 atom stereocenters. The highest BCUT2D eigenvalue weighted by atomic mass is 32.1. The summed E-state index contributed by atoms with van der Waals surface area (Å²) in [5.74, 6) is 0.101. The SMILES string of the molecule is Cc1ccc(-n2ncc(C)n2)c(C(=O)N2CCC[C@@H](C)[C@H]2CCc2nnc(C(F)(F)F)s2)c1. The van der Waals surface area contributed by atoms with Gasteiger partial charge in [-0.15, -0.1) is 10.2 Å². The molecule has 11 heteroatoms. The molecule has 176 valence electrons. The van der Waals surface area contributed by atoms with Crippen LogP contribution in [0.15, 0.2) is 24.4 Å². The van der Waals surface area contributed by atoms with E-state index in [1.54, 1.807) is 6.20 Å². The highest BCUT2D eigenvalue weighted by molar-refractivity contribution is 7.11. The molecule has 0 N–H and O–H groups in total. The lowest BCUT2D eigenvalue weighted by atomic mass is 9.87. The van der Waals surface area contributed by atoms with Gasteiger partial charge >= 0.3 is 6.18 Å². The van der Waals surface area contributed by atoms with E-state index < -0.39 is 11.2 Å².